The highest BCUT2D eigenvalue weighted by atomic mass is 19.3. The Labute approximate surface area is 174 Å². The van der Waals surface area contributed by atoms with Gasteiger partial charge in [0.1, 0.15) is 0 Å². The minimum absolute atomic E-state index is 0. The van der Waals surface area contributed by atoms with Crippen molar-refractivity contribution >= 4 is 0 Å². The lowest BCUT2D eigenvalue weighted by Gasteiger charge is -2.01. The molecule has 176 valence electrons. The lowest BCUT2D eigenvalue weighted by Crippen LogP contribution is -2.01. The summed E-state index contributed by atoms with van der Waals surface area (Å²) in [6, 6.07) is 0. The summed E-state index contributed by atoms with van der Waals surface area (Å²) < 4.78 is 34.4. The minimum Gasteiger partial charge on any atom is -0.248 e. The van der Waals surface area contributed by atoms with E-state index < -0.39 is 12.6 Å². The van der Waals surface area contributed by atoms with E-state index in [9.17, 15) is 13.2 Å². The van der Waals surface area contributed by atoms with Crippen LogP contribution in [0.25, 0.3) is 0 Å². The van der Waals surface area contributed by atoms with Crippen molar-refractivity contribution in [2.75, 3.05) is 0 Å². The number of hydrogen-bond donors (Lipinski definition) is 0. The number of hydrogen-bond acceptors (Lipinski definition) is 0. The summed E-state index contributed by atoms with van der Waals surface area (Å²) in [5, 5.41) is 0. The summed E-state index contributed by atoms with van der Waals surface area (Å²) in [5.41, 5.74) is 0. The first-order chi connectivity index (χ1) is 10.3. The molecule has 0 spiro atoms. The zero-order valence-electron chi connectivity index (χ0n) is 17.3. The quantitative estimate of drug-likeness (QED) is 0.400. The van der Waals surface area contributed by atoms with Gasteiger partial charge in [0.05, 0.1) is 6.17 Å². The van der Waals surface area contributed by atoms with Gasteiger partial charge in [-0.25, -0.2) is 13.2 Å². The van der Waals surface area contributed by atoms with E-state index in [4.69, 9.17) is 0 Å². The summed E-state index contributed by atoms with van der Waals surface area (Å²) in [4.78, 5) is 0. The summed E-state index contributed by atoms with van der Waals surface area (Å²) in [5.74, 6) is 1.84. The van der Waals surface area contributed by atoms with E-state index in [-0.39, 0.29) is 48.0 Å². The zero-order chi connectivity index (χ0) is 19.6. The van der Waals surface area contributed by atoms with Crippen LogP contribution in [0, 0.1) is 23.7 Å². The zero-order valence-corrected chi connectivity index (χ0v) is 17.3. The molecule has 0 bridgehead atoms. The molecule has 0 aromatic rings. The average Bonchev–Trinajstić information content (AvgIpc) is 2.38. The van der Waals surface area contributed by atoms with E-state index in [1.165, 1.54) is 6.42 Å². The number of rotatable bonds is 5. The number of allylic oxidation sites excluding steroid dienone is 1. The summed E-state index contributed by atoms with van der Waals surface area (Å²) in [6.07, 6.45) is 0.477. The largest absolute Gasteiger partial charge is 0.248 e. The third-order valence-electron chi connectivity index (χ3n) is 2.86. The molecular formula is C24H59F3. The molecule has 3 heteroatoms. The molecule has 0 aliphatic heterocycles. The van der Waals surface area contributed by atoms with Crippen molar-refractivity contribution in [3.05, 3.63) is 12.7 Å². The standard InChI is InChI=1S/C5H10F2.C5H11F.C5H12.C5H10.4CH4/c1-4(2)3-5(6)7;1-4(2)5(3)6;2*1-4-5(2)3;;;;/h4-5H,3H2,1-2H3;4-5H,1-3H3;5H,4H2,1-3H3;4-5H,1H2,2-3H3;4*1H4. The minimum atomic E-state index is -2.12. The Morgan fingerprint density at radius 3 is 0.926 bits per heavy atom. The van der Waals surface area contributed by atoms with Crippen molar-refractivity contribution < 1.29 is 13.2 Å². The molecule has 0 heterocycles. The van der Waals surface area contributed by atoms with Crippen LogP contribution in [-0.2, 0) is 0 Å². The van der Waals surface area contributed by atoms with E-state index in [1.807, 2.05) is 19.9 Å². The lowest BCUT2D eigenvalue weighted by molar-refractivity contribution is 0.121. The first kappa shape index (κ1) is 50.4. The summed E-state index contributed by atoms with van der Waals surface area (Å²) in [7, 11) is 0. The Hall–Kier alpha value is -0.470. The predicted molar refractivity (Wildman–Crippen MR) is 128 cm³/mol. The van der Waals surface area contributed by atoms with Gasteiger partial charge < -0.3 is 0 Å². The topological polar surface area (TPSA) is 0 Å². The van der Waals surface area contributed by atoms with Crippen LogP contribution in [0.1, 0.15) is 112 Å². The smallest absolute Gasteiger partial charge is 0.238 e. The van der Waals surface area contributed by atoms with Gasteiger partial charge in [-0.15, -0.1) is 6.58 Å². The van der Waals surface area contributed by atoms with Crippen molar-refractivity contribution in [1.29, 1.82) is 0 Å². The van der Waals surface area contributed by atoms with Crippen LogP contribution in [0.3, 0.4) is 0 Å². The van der Waals surface area contributed by atoms with Crippen molar-refractivity contribution in [2.45, 2.75) is 124 Å². The van der Waals surface area contributed by atoms with Crippen LogP contribution in [0.2, 0.25) is 0 Å². The van der Waals surface area contributed by atoms with Crippen LogP contribution in [0.4, 0.5) is 13.2 Å². The van der Waals surface area contributed by atoms with Gasteiger partial charge in [-0.3, -0.25) is 0 Å². The molecular weight excluding hydrogens is 345 g/mol. The molecule has 0 amide bonds. The van der Waals surface area contributed by atoms with Crippen molar-refractivity contribution in [3.63, 3.8) is 0 Å². The highest BCUT2D eigenvalue weighted by Crippen LogP contribution is 2.07. The Kier molecular flexibility index (Phi) is 68.0. The maximum absolute atomic E-state index is 11.8. The Morgan fingerprint density at radius 1 is 0.704 bits per heavy atom. The molecule has 0 aromatic heterocycles. The van der Waals surface area contributed by atoms with E-state index in [2.05, 4.69) is 41.2 Å². The number of alkyl halides is 3. The van der Waals surface area contributed by atoms with E-state index >= 15 is 0 Å². The van der Waals surface area contributed by atoms with Crippen molar-refractivity contribution in [1.82, 2.24) is 0 Å². The average molecular weight is 405 g/mol. The fraction of sp³-hybridized carbons (Fsp3) is 0.917. The molecule has 0 aliphatic carbocycles. The lowest BCUT2D eigenvalue weighted by atomic mass is 10.1. The maximum atomic E-state index is 11.8. The second kappa shape index (κ2) is 36.4. The molecule has 1 atom stereocenters. The highest BCUT2D eigenvalue weighted by molar-refractivity contribution is 4.69. The third-order valence-corrected chi connectivity index (χ3v) is 2.86. The Bertz CT molecular complexity index is 196. The molecule has 0 rings (SSSR count). The second-order valence-corrected chi connectivity index (χ2v) is 7.22. The molecule has 0 nitrogen and oxygen atoms in total. The molecule has 27 heavy (non-hydrogen) atoms. The van der Waals surface area contributed by atoms with Crippen LogP contribution in [0.5, 0.6) is 0 Å². The fourth-order valence-corrected chi connectivity index (χ4v) is 0.356. The predicted octanol–water partition coefficient (Wildman–Crippen LogP) is 10.7. The van der Waals surface area contributed by atoms with Crippen LogP contribution >= 0.6 is 0 Å². The first-order valence-corrected chi connectivity index (χ1v) is 8.86. The fourth-order valence-electron chi connectivity index (χ4n) is 0.356. The van der Waals surface area contributed by atoms with Gasteiger partial charge in [-0.05, 0) is 30.6 Å². The number of halogens is 3. The third kappa shape index (κ3) is 106. The SMILES string of the molecule is C.C.C.C.C=CC(C)C.CC(C)C(C)F.CC(C)CC(F)F.CCC(C)C. The Balaban J connectivity index is -0.0000000286. The maximum Gasteiger partial charge on any atom is 0.238 e. The van der Waals surface area contributed by atoms with E-state index in [0.717, 1.165) is 5.92 Å². The van der Waals surface area contributed by atoms with Gasteiger partial charge >= 0.3 is 0 Å². The highest BCUT2D eigenvalue weighted by Gasteiger charge is 2.03. The van der Waals surface area contributed by atoms with Gasteiger partial charge in [0.15, 0.2) is 0 Å². The normalized spacial score (nSPS) is 9.70. The van der Waals surface area contributed by atoms with Crippen LogP contribution in [0.15, 0.2) is 12.7 Å². The molecule has 0 fully saturated rings. The molecule has 0 aromatic carbocycles. The van der Waals surface area contributed by atoms with Crippen molar-refractivity contribution in [3.8, 4) is 0 Å². The van der Waals surface area contributed by atoms with Crippen LogP contribution in [-0.4, -0.2) is 12.6 Å². The molecule has 0 radical (unpaired) electrons. The Morgan fingerprint density at radius 2 is 0.926 bits per heavy atom. The van der Waals surface area contributed by atoms with Gasteiger partial charge in [0.25, 0.3) is 0 Å². The van der Waals surface area contributed by atoms with E-state index in [1.54, 1.807) is 20.8 Å². The second-order valence-electron chi connectivity index (χ2n) is 7.22. The monoisotopic (exact) mass is 404 g/mol. The van der Waals surface area contributed by atoms with Gasteiger partial charge in [0, 0.05) is 6.42 Å². The molecule has 1 unspecified atom stereocenters. The molecule has 0 saturated carbocycles. The van der Waals surface area contributed by atoms with E-state index in [0.29, 0.717) is 5.92 Å². The van der Waals surface area contributed by atoms with Gasteiger partial charge in [0.2, 0.25) is 6.43 Å². The molecule has 0 saturated heterocycles. The van der Waals surface area contributed by atoms with Crippen molar-refractivity contribution in [2.24, 2.45) is 23.7 Å². The van der Waals surface area contributed by atoms with Gasteiger partial charge in [-0.1, -0.05) is 105 Å². The summed E-state index contributed by atoms with van der Waals surface area (Å²) in [6.45, 7) is 23.3. The first-order valence-electron chi connectivity index (χ1n) is 8.86. The van der Waals surface area contributed by atoms with Crippen LogP contribution < -0.4 is 0 Å². The summed E-state index contributed by atoms with van der Waals surface area (Å²) >= 11 is 0. The molecule has 0 N–H and O–H groups in total. The molecule has 0 aliphatic rings. The van der Waals surface area contributed by atoms with Gasteiger partial charge in [-0.2, -0.15) is 0 Å².